The minimum Gasteiger partial charge on any atom is -0.375 e. The second-order valence-electron chi connectivity index (χ2n) is 5.24. The molecule has 1 aliphatic carbocycles. The van der Waals surface area contributed by atoms with Gasteiger partial charge in [-0.2, -0.15) is 0 Å². The van der Waals surface area contributed by atoms with Crippen LogP contribution in [0.5, 0.6) is 0 Å². The van der Waals surface area contributed by atoms with Gasteiger partial charge in [0.25, 0.3) is 0 Å². The lowest BCUT2D eigenvalue weighted by atomic mass is 9.75. The molecule has 2 fully saturated rings. The molecular formula is C13H24O. The topological polar surface area (TPSA) is 9.23 Å². The minimum atomic E-state index is 0.344. The molecule has 0 bridgehead atoms. The highest BCUT2D eigenvalue weighted by Crippen LogP contribution is 2.43. The summed E-state index contributed by atoms with van der Waals surface area (Å²) in [5, 5.41) is 0. The highest BCUT2D eigenvalue weighted by atomic mass is 16.5. The van der Waals surface area contributed by atoms with Gasteiger partial charge in [-0.1, -0.05) is 39.0 Å². The molecule has 1 unspecified atom stereocenters. The van der Waals surface area contributed by atoms with E-state index < -0.39 is 0 Å². The summed E-state index contributed by atoms with van der Waals surface area (Å²) in [7, 11) is 0. The highest BCUT2D eigenvalue weighted by Gasteiger charge is 2.39. The highest BCUT2D eigenvalue weighted by molar-refractivity contribution is 4.90. The van der Waals surface area contributed by atoms with Crippen LogP contribution in [0.2, 0.25) is 0 Å². The smallest absolute Gasteiger partial charge is 0.0686 e. The molecule has 0 amide bonds. The Labute approximate surface area is 88.2 Å². The van der Waals surface area contributed by atoms with Crippen molar-refractivity contribution < 1.29 is 4.74 Å². The van der Waals surface area contributed by atoms with Gasteiger partial charge in [0.05, 0.1) is 5.60 Å². The van der Waals surface area contributed by atoms with E-state index >= 15 is 0 Å². The van der Waals surface area contributed by atoms with Gasteiger partial charge in [-0.25, -0.2) is 0 Å². The van der Waals surface area contributed by atoms with Gasteiger partial charge in [-0.3, -0.25) is 0 Å². The molecule has 1 saturated heterocycles. The summed E-state index contributed by atoms with van der Waals surface area (Å²) in [5.74, 6) is 0.974. The molecule has 2 aliphatic rings. The van der Waals surface area contributed by atoms with E-state index in [1.165, 1.54) is 57.8 Å². The molecule has 0 N–H and O–H groups in total. The van der Waals surface area contributed by atoms with E-state index in [-0.39, 0.29) is 0 Å². The summed E-state index contributed by atoms with van der Waals surface area (Å²) in [6.45, 7) is 3.32. The Morgan fingerprint density at radius 2 is 2.14 bits per heavy atom. The quantitative estimate of drug-likeness (QED) is 0.665. The van der Waals surface area contributed by atoms with E-state index in [9.17, 15) is 0 Å². The molecule has 14 heavy (non-hydrogen) atoms. The molecule has 0 aromatic heterocycles. The van der Waals surface area contributed by atoms with Crippen LogP contribution in [-0.2, 0) is 4.74 Å². The largest absolute Gasteiger partial charge is 0.375 e. The third-order valence-corrected chi connectivity index (χ3v) is 4.06. The summed E-state index contributed by atoms with van der Waals surface area (Å²) in [6.07, 6.45) is 12.4. The van der Waals surface area contributed by atoms with Crippen molar-refractivity contribution in [2.75, 3.05) is 6.61 Å². The fraction of sp³-hybridized carbons (Fsp3) is 1.00. The Kier molecular flexibility index (Phi) is 3.48. The fourth-order valence-electron chi connectivity index (χ4n) is 3.30. The summed E-state index contributed by atoms with van der Waals surface area (Å²) < 4.78 is 5.99. The fourth-order valence-corrected chi connectivity index (χ4v) is 3.30. The van der Waals surface area contributed by atoms with Crippen LogP contribution < -0.4 is 0 Å². The van der Waals surface area contributed by atoms with Gasteiger partial charge in [0.15, 0.2) is 0 Å². The third-order valence-electron chi connectivity index (χ3n) is 4.06. The lowest BCUT2D eigenvalue weighted by Gasteiger charge is -2.37. The molecule has 1 heterocycles. The Morgan fingerprint density at radius 1 is 1.29 bits per heavy atom. The van der Waals surface area contributed by atoms with Crippen LogP contribution in [0.15, 0.2) is 0 Å². The van der Waals surface area contributed by atoms with Crippen LogP contribution in [0.4, 0.5) is 0 Å². The molecule has 0 aromatic rings. The lowest BCUT2D eigenvalue weighted by Crippen LogP contribution is -2.34. The Hall–Kier alpha value is -0.0400. The van der Waals surface area contributed by atoms with E-state index in [1.54, 1.807) is 0 Å². The van der Waals surface area contributed by atoms with E-state index in [0.29, 0.717) is 5.60 Å². The van der Waals surface area contributed by atoms with Gasteiger partial charge in [0.2, 0.25) is 0 Å². The van der Waals surface area contributed by atoms with Gasteiger partial charge in [0, 0.05) is 6.61 Å². The van der Waals surface area contributed by atoms with Crippen LogP contribution in [0.3, 0.4) is 0 Å². The lowest BCUT2D eigenvalue weighted by molar-refractivity contribution is -0.0416. The second kappa shape index (κ2) is 4.65. The van der Waals surface area contributed by atoms with Crippen LogP contribution in [0, 0.1) is 5.92 Å². The maximum absolute atomic E-state index is 5.99. The van der Waals surface area contributed by atoms with Crippen molar-refractivity contribution in [3.63, 3.8) is 0 Å². The van der Waals surface area contributed by atoms with Crippen molar-refractivity contribution in [3.05, 3.63) is 0 Å². The van der Waals surface area contributed by atoms with Gasteiger partial charge >= 0.3 is 0 Å². The normalized spacial score (nSPS) is 37.9. The van der Waals surface area contributed by atoms with Crippen LogP contribution in [-0.4, -0.2) is 12.2 Å². The molecule has 1 heteroatoms. The predicted molar refractivity (Wildman–Crippen MR) is 59.4 cm³/mol. The molecule has 82 valence electrons. The SMILES string of the molecule is CCCC[C@H]1CCCC2(CCCO2)C1. The van der Waals surface area contributed by atoms with Gasteiger partial charge in [-0.05, 0) is 31.6 Å². The average molecular weight is 196 g/mol. The molecule has 1 nitrogen and oxygen atoms in total. The number of rotatable bonds is 3. The second-order valence-corrected chi connectivity index (χ2v) is 5.24. The summed E-state index contributed by atoms with van der Waals surface area (Å²) in [5.41, 5.74) is 0.344. The van der Waals surface area contributed by atoms with E-state index in [2.05, 4.69) is 6.92 Å². The number of ether oxygens (including phenoxy) is 1. The molecule has 1 aliphatic heterocycles. The summed E-state index contributed by atoms with van der Waals surface area (Å²) >= 11 is 0. The van der Waals surface area contributed by atoms with Gasteiger partial charge in [-0.15, -0.1) is 0 Å². The first kappa shape index (κ1) is 10.5. The molecule has 2 rings (SSSR count). The maximum Gasteiger partial charge on any atom is 0.0686 e. The van der Waals surface area contributed by atoms with E-state index in [0.717, 1.165) is 12.5 Å². The Bertz CT molecular complexity index is 170. The first-order chi connectivity index (χ1) is 6.85. The third kappa shape index (κ3) is 2.31. The Morgan fingerprint density at radius 3 is 2.86 bits per heavy atom. The van der Waals surface area contributed by atoms with E-state index in [4.69, 9.17) is 4.74 Å². The molecule has 2 atom stereocenters. The zero-order chi connectivity index (χ0) is 9.86. The van der Waals surface area contributed by atoms with E-state index in [1.807, 2.05) is 0 Å². The first-order valence-electron chi connectivity index (χ1n) is 6.49. The summed E-state index contributed by atoms with van der Waals surface area (Å²) in [6, 6.07) is 0. The molecule has 0 radical (unpaired) electrons. The monoisotopic (exact) mass is 196 g/mol. The average Bonchev–Trinajstić information content (AvgIpc) is 2.63. The predicted octanol–water partition coefficient (Wildman–Crippen LogP) is 3.92. The van der Waals surface area contributed by atoms with Crippen molar-refractivity contribution >= 4 is 0 Å². The van der Waals surface area contributed by atoms with Crippen molar-refractivity contribution in [2.24, 2.45) is 5.92 Å². The first-order valence-corrected chi connectivity index (χ1v) is 6.49. The van der Waals surface area contributed by atoms with Crippen LogP contribution in [0.1, 0.15) is 64.7 Å². The zero-order valence-corrected chi connectivity index (χ0v) is 9.56. The molecular weight excluding hydrogens is 172 g/mol. The zero-order valence-electron chi connectivity index (χ0n) is 9.56. The van der Waals surface area contributed by atoms with Crippen molar-refractivity contribution in [1.82, 2.24) is 0 Å². The maximum atomic E-state index is 5.99. The molecule has 0 aromatic carbocycles. The van der Waals surface area contributed by atoms with Crippen molar-refractivity contribution in [1.29, 1.82) is 0 Å². The standard InChI is InChI=1S/C13H24O/c1-2-3-6-12-7-4-8-13(11-12)9-5-10-14-13/h12H,2-11H2,1H3/t12-,13?/m0/s1. The number of unbranched alkanes of at least 4 members (excludes halogenated alkanes) is 1. The Balaban J connectivity index is 1.83. The van der Waals surface area contributed by atoms with Crippen molar-refractivity contribution in [3.8, 4) is 0 Å². The van der Waals surface area contributed by atoms with Gasteiger partial charge in [0.1, 0.15) is 0 Å². The van der Waals surface area contributed by atoms with Crippen LogP contribution >= 0.6 is 0 Å². The van der Waals surface area contributed by atoms with Crippen LogP contribution in [0.25, 0.3) is 0 Å². The summed E-state index contributed by atoms with van der Waals surface area (Å²) in [4.78, 5) is 0. The molecule has 1 saturated carbocycles. The molecule has 1 spiro atoms. The van der Waals surface area contributed by atoms with Crippen molar-refractivity contribution in [2.45, 2.75) is 70.3 Å². The minimum absolute atomic E-state index is 0.344. The number of hydrogen-bond acceptors (Lipinski definition) is 1. The number of hydrogen-bond donors (Lipinski definition) is 0. The van der Waals surface area contributed by atoms with Gasteiger partial charge < -0.3 is 4.74 Å².